The molecule has 0 heterocycles. The third kappa shape index (κ3) is 5.80. The lowest BCUT2D eigenvalue weighted by Gasteiger charge is -2.09. The van der Waals surface area contributed by atoms with Gasteiger partial charge < -0.3 is 16.4 Å². The zero-order valence-corrected chi connectivity index (χ0v) is 10.5. The van der Waals surface area contributed by atoms with Crippen LogP contribution in [0.5, 0.6) is 0 Å². The van der Waals surface area contributed by atoms with E-state index in [1.807, 2.05) is 24.3 Å². The van der Waals surface area contributed by atoms with Crippen molar-refractivity contribution in [3.05, 3.63) is 24.3 Å². The van der Waals surface area contributed by atoms with Crippen molar-refractivity contribution in [1.82, 2.24) is 5.32 Å². The van der Waals surface area contributed by atoms with Gasteiger partial charge in [0, 0.05) is 30.9 Å². The van der Waals surface area contributed by atoms with Gasteiger partial charge in [-0.25, -0.2) is 0 Å². The van der Waals surface area contributed by atoms with E-state index >= 15 is 0 Å². The number of hydrogen-bond donors (Lipinski definition) is 3. The summed E-state index contributed by atoms with van der Waals surface area (Å²) in [6.45, 7) is 5.52. The molecule has 0 spiro atoms. The van der Waals surface area contributed by atoms with Crippen LogP contribution in [0.2, 0.25) is 0 Å². The van der Waals surface area contributed by atoms with Crippen molar-refractivity contribution in [2.24, 2.45) is 5.92 Å². The molecule has 0 fully saturated rings. The molecule has 1 rings (SSSR count). The van der Waals surface area contributed by atoms with Crippen LogP contribution in [0.15, 0.2) is 24.3 Å². The third-order valence-corrected chi connectivity index (χ3v) is 2.30. The number of nitrogen functional groups attached to an aromatic ring is 1. The Morgan fingerprint density at radius 1 is 1.29 bits per heavy atom. The normalized spacial score (nSPS) is 10.3. The van der Waals surface area contributed by atoms with Crippen molar-refractivity contribution < 1.29 is 4.79 Å². The van der Waals surface area contributed by atoms with Crippen LogP contribution in [0.4, 0.5) is 11.4 Å². The van der Waals surface area contributed by atoms with E-state index in [0.29, 0.717) is 18.9 Å². The maximum atomic E-state index is 11.4. The predicted octanol–water partition coefficient (Wildman–Crippen LogP) is 1.84. The highest BCUT2D eigenvalue weighted by molar-refractivity contribution is 5.76. The third-order valence-electron chi connectivity index (χ3n) is 2.30. The van der Waals surface area contributed by atoms with Crippen LogP contribution in [-0.2, 0) is 4.79 Å². The number of rotatable bonds is 6. The Kier molecular flexibility index (Phi) is 5.33. The second kappa shape index (κ2) is 6.78. The van der Waals surface area contributed by atoms with Gasteiger partial charge in [-0.2, -0.15) is 0 Å². The Hall–Kier alpha value is -1.71. The maximum absolute atomic E-state index is 11.4. The highest BCUT2D eigenvalue weighted by Gasteiger charge is 2.01. The van der Waals surface area contributed by atoms with Crippen molar-refractivity contribution >= 4 is 17.3 Å². The fraction of sp³-hybridized carbons (Fsp3) is 0.462. The molecule has 0 radical (unpaired) electrons. The Labute approximate surface area is 103 Å². The smallest absolute Gasteiger partial charge is 0.221 e. The lowest BCUT2D eigenvalue weighted by molar-refractivity contribution is -0.120. The van der Waals surface area contributed by atoms with E-state index in [0.717, 1.165) is 17.9 Å². The van der Waals surface area contributed by atoms with E-state index in [1.165, 1.54) is 0 Å². The fourth-order valence-electron chi connectivity index (χ4n) is 1.33. The van der Waals surface area contributed by atoms with Gasteiger partial charge in [0.05, 0.1) is 0 Å². The van der Waals surface area contributed by atoms with E-state index in [1.54, 1.807) is 0 Å². The molecule has 0 aromatic heterocycles. The standard InChI is InChI=1S/C13H21N3O/c1-10(2)9-16-13(17)7-8-15-12-5-3-11(14)4-6-12/h3-6,10,15H,7-9,14H2,1-2H3,(H,16,17). The first-order valence-corrected chi connectivity index (χ1v) is 5.94. The molecular formula is C13H21N3O. The van der Waals surface area contributed by atoms with Crippen molar-refractivity contribution in [1.29, 1.82) is 0 Å². The van der Waals surface area contributed by atoms with Crippen molar-refractivity contribution in [2.45, 2.75) is 20.3 Å². The minimum Gasteiger partial charge on any atom is -0.399 e. The van der Waals surface area contributed by atoms with Crippen LogP contribution >= 0.6 is 0 Å². The summed E-state index contributed by atoms with van der Waals surface area (Å²) in [6.07, 6.45) is 0.483. The molecule has 4 nitrogen and oxygen atoms in total. The summed E-state index contributed by atoms with van der Waals surface area (Å²) in [6, 6.07) is 7.48. The molecular weight excluding hydrogens is 214 g/mol. The first-order chi connectivity index (χ1) is 8.08. The second-order valence-electron chi connectivity index (χ2n) is 4.50. The van der Waals surface area contributed by atoms with Crippen LogP contribution in [0.3, 0.4) is 0 Å². The van der Waals surface area contributed by atoms with Gasteiger partial charge in [0.1, 0.15) is 0 Å². The van der Waals surface area contributed by atoms with Crippen molar-refractivity contribution in [3.8, 4) is 0 Å². The minimum absolute atomic E-state index is 0.0849. The Morgan fingerprint density at radius 2 is 1.94 bits per heavy atom. The maximum Gasteiger partial charge on any atom is 0.221 e. The zero-order chi connectivity index (χ0) is 12.7. The summed E-state index contributed by atoms with van der Waals surface area (Å²) in [5.74, 6) is 0.575. The molecule has 0 aliphatic heterocycles. The van der Waals surface area contributed by atoms with Crippen LogP contribution in [0.1, 0.15) is 20.3 Å². The zero-order valence-electron chi connectivity index (χ0n) is 10.5. The summed E-state index contributed by atoms with van der Waals surface area (Å²) >= 11 is 0. The minimum atomic E-state index is 0.0849. The van der Waals surface area contributed by atoms with Crippen LogP contribution < -0.4 is 16.4 Å². The van der Waals surface area contributed by atoms with Gasteiger partial charge in [0.25, 0.3) is 0 Å². The molecule has 0 atom stereocenters. The SMILES string of the molecule is CC(C)CNC(=O)CCNc1ccc(N)cc1. The lowest BCUT2D eigenvalue weighted by Crippen LogP contribution is -2.28. The largest absolute Gasteiger partial charge is 0.399 e. The summed E-state index contributed by atoms with van der Waals surface area (Å²) in [5.41, 5.74) is 7.30. The molecule has 0 saturated carbocycles. The first kappa shape index (κ1) is 13.4. The van der Waals surface area contributed by atoms with Crippen LogP contribution in [0, 0.1) is 5.92 Å². The molecule has 1 aromatic carbocycles. The Bertz CT molecular complexity index is 346. The van der Waals surface area contributed by atoms with Gasteiger partial charge in [-0.15, -0.1) is 0 Å². The number of anilines is 2. The Morgan fingerprint density at radius 3 is 2.53 bits per heavy atom. The van der Waals surface area contributed by atoms with E-state index in [9.17, 15) is 4.79 Å². The molecule has 1 aromatic rings. The topological polar surface area (TPSA) is 67.2 Å². The molecule has 0 bridgehead atoms. The molecule has 0 unspecified atom stereocenters. The van der Waals surface area contributed by atoms with Crippen molar-refractivity contribution in [2.75, 3.05) is 24.1 Å². The molecule has 0 aliphatic carbocycles. The van der Waals surface area contributed by atoms with Gasteiger partial charge in [-0.3, -0.25) is 4.79 Å². The summed E-state index contributed by atoms with van der Waals surface area (Å²) < 4.78 is 0. The molecule has 4 heteroatoms. The average Bonchev–Trinajstić information content (AvgIpc) is 2.29. The number of hydrogen-bond acceptors (Lipinski definition) is 3. The van der Waals surface area contributed by atoms with E-state index in [4.69, 9.17) is 5.73 Å². The number of nitrogens with two attached hydrogens (primary N) is 1. The van der Waals surface area contributed by atoms with Gasteiger partial charge in [-0.1, -0.05) is 13.8 Å². The average molecular weight is 235 g/mol. The number of amides is 1. The molecule has 0 saturated heterocycles. The van der Waals surface area contributed by atoms with E-state index < -0.39 is 0 Å². The highest BCUT2D eigenvalue weighted by atomic mass is 16.1. The second-order valence-corrected chi connectivity index (χ2v) is 4.50. The van der Waals surface area contributed by atoms with Crippen LogP contribution in [0.25, 0.3) is 0 Å². The van der Waals surface area contributed by atoms with Gasteiger partial charge in [0.15, 0.2) is 0 Å². The Balaban J connectivity index is 2.19. The molecule has 0 aliphatic rings. The lowest BCUT2D eigenvalue weighted by atomic mass is 10.2. The number of benzene rings is 1. The van der Waals surface area contributed by atoms with Gasteiger partial charge in [-0.05, 0) is 30.2 Å². The number of nitrogens with one attached hydrogen (secondary N) is 2. The van der Waals surface area contributed by atoms with Crippen molar-refractivity contribution in [3.63, 3.8) is 0 Å². The first-order valence-electron chi connectivity index (χ1n) is 5.94. The molecule has 4 N–H and O–H groups in total. The quantitative estimate of drug-likeness (QED) is 0.659. The summed E-state index contributed by atoms with van der Waals surface area (Å²) in [4.78, 5) is 11.4. The molecule has 1 amide bonds. The van der Waals surface area contributed by atoms with E-state index in [2.05, 4.69) is 24.5 Å². The number of carbonyl (C=O) groups is 1. The summed E-state index contributed by atoms with van der Waals surface area (Å²) in [5, 5.41) is 6.05. The number of carbonyl (C=O) groups excluding carboxylic acids is 1. The van der Waals surface area contributed by atoms with Gasteiger partial charge in [0.2, 0.25) is 5.91 Å². The fourth-order valence-corrected chi connectivity index (χ4v) is 1.33. The van der Waals surface area contributed by atoms with E-state index in [-0.39, 0.29) is 5.91 Å². The monoisotopic (exact) mass is 235 g/mol. The summed E-state index contributed by atoms with van der Waals surface area (Å²) in [7, 11) is 0. The molecule has 94 valence electrons. The molecule has 17 heavy (non-hydrogen) atoms. The predicted molar refractivity (Wildman–Crippen MR) is 71.8 cm³/mol. The van der Waals surface area contributed by atoms with Crippen LogP contribution in [-0.4, -0.2) is 19.0 Å². The van der Waals surface area contributed by atoms with Gasteiger partial charge >= 0.3 is 0 Å². The highest BCUT2D eigenvalue weighted by Crippen LogP contribution is 2.09.